The summed E-state index contributed by atoms with van der Waals surface area (Å²) in [6.07, 6.45) is 0. The Bertz CT molecular complexity index is 1050. The molecule has 1 unspecified atom stereocenters. The quantitative estimate of drug-likeness (QED) is 0.362. The molecule has 0 amide bonds. The van der Waals surface area contributed by atoms with E-state index in [1.165, 1.54) is 11.1 Å². The normalized spacial score (nSPS) is 11.8. The lowest BCUT2D eigenvalue weighted by molar-refractivity contribution is 0.101. The molecule has 0 N–H and O–H groups in total. The number of ether oxygens (including phenoxy) is 1. The Morgan fingerprint density at radius 2 is 1.60 bits per heavy atom. The largest absolute Gasteiger partial charge is 0.488 e. The smallest absolute Gasteiger partial charge is 0.160 e. The van der Waals surface area contributed by atoms with Crippen molar-refractivity contribution in [3.05, 3.63) is 88.5 Å². The van der Waals surface area contributed by atoms with Crippen LogP contribution in [0.4, 0.5) is 0 Å². The molecular formula is C27H31O2P. The zero-order valence-corrected chi connectivity index (χ0v) is 19.8. The van der Waals surface area contributed by atoms with Crippen molar-refractivity contribution in [2.45, 2.75) is 53.6 Å². The van der Waals surface area contributed by atoms with Gasteiger partial charge in [0, 0.05) is 16.4 Å². The van der Waals surface area contributed by atoms with E-state index >= 15 is 0 Å². The maximum atomic E-state index is 12.3. The van der Waals surface area contributed by atoms with Crippen molar-refractivity contribution in [1.29, 1.82) is 0 Å². The lowest BCUT2D eigenvalue weighted by Gasteiger charge is -2.26. The summed E-state index contributed by atoms with van der Waals surface area (Å²) in [5.74, 6) is 1.06. The highest BCUT2D eigenvalue weighted by molar-refractivity contribution is 7.56. The number of rotatable bonds is 6. The Morgan fingerprint density at radius 1 is 0.900 bits per heavy atom. The zero-order valence-electron chi connectivity index (χ0n) is 18.8. The average molecular weight is 419 g/mol. The number of aryl methyl sites for hydroxylation is 2. The monoisotopic (exact) mass is 418 g/mol. The first-order valence-corrected chi connectivity index (χ1v) is 11.4. The summed E-state index contributed by atoms with van der Waals surface area (Å²) in [5, 5.41) is 2.23. The fraction of sp³-hybridized carbons (Fsp3) is 0.296. The Balaban J connectivity index is 2.07. The summed E-state index contributed by atoms with van der Waals surface area (Å²) in [5.41, 5.74) is 5.43. The van der Waals surface area contributed by atoms with Crippen molar-refractivity contribution in [2.75, 3.05) is 0 Å². The Labute approximate surface area is 182 Å². The first-order valence-electron chi connectivity index (χ1n) is 10.4. The van der Waals surface area contributed by atoms with Gasteiger partial charge in [0.1, 0.15) is 12.4 Å². The van der Waals surface area contributed by atoms with E-state index in [0.29, 0.717) is 15.2 Å². The molecule has 0 saturated heterocycles. The molecule has 0 aromatic heterocycles. The summed E-state index contributed by atoms with van der Waals surface area (Å²) in [6, 6.07) is 20.9. The lowest BCUT2D eigenvalue weighted by Crippen LogP contribution is -2.20. The highest BCUT2D eigenvalue weighted by Crippen LogP contribution is 2.35. The molecule has 2 nitrogen and oxygen atoms in total. The molecule has 1 atom stereocenters. The van der Waals surface area contributed by atoms with E-state index in [9.17, 15) is 4.79 Å². The Morgan fingerprint density at radius 3 is 2.23 bits per heavy atom. The fourth-order valence-corrected chi connectivity index (χ4v) is 4.97. The Kier molecular flexibility index (Phi) is 6.78. The predicted molar refractivity (Wildman–Crippen MR) is 129 cm³/mol. The summed E-state index contributed by atoms with van der Waals surface area (Å²) in [7, 11) is 0.357. The van der Waals surface area contributed by atoms with E-state index in [-0.39, 0.29) is 11.2 Å². The molecule has 0 fully saturated rings. The van der Waals surface area contributed by atoms with Gasteiger partial charge in [0.15, 0.2) is 5.78 Å². The summed E-state index contributed by atoms with van der Waals surface area (Å²) in [4.78, 5) is 12.3. The third kappa shape index (κ3) is 5.37. The second kappa shape index (κ2) is 9.14. The molecule has 0 bridgehead atoms. The van der Waals surface area contributed by atoms with E-state index < -0.39 is 0 Å². The second-order valence-electron chi connectivity index (χ2n) is 8.94. The minimum atomic E-state index is -0.0477. The molecule has 30 heavy (non-hydrogen) atoms. The molecule has 3 rings (SSSR count). The molecule has 0 aliphatic carbocycles. The molecular weight excluding hydrogens is 387 g/mol. The van der Waals surface area contributed by atoms with Crippen LogP contribution < -0.4 is 15.3 Å². The van der Waals surface area contributed by atoms with Crippen LogP contribution in [0.3, 0.4) is 0 Å². The number of Topliss-reactive ketones (excluding diaryl/α,β-unsaturated/α-hetero) is 1. The third-order valence-electron chi connectivity index (χ3n) is 5.09. The van der Waals surface area contributed by atoms with Crippen molar-refractivity contribution < 1.29 is 9.53 Å². The fourth-order valence-electron chi connectivity index (χ4n) is 3.51. The first kappa shape index (κ1) is 22.2. The zero-order chi connectivity index (χ0) is 21.9. The van der Waals surface area contributed by atoms with Gasteiger partial charge in [0.2, 0.25) is 0 Å². The van der Waals surface area contributed by atoms with Crippen LogP contribution in [0, 0.1) is 13.8 Å². The van der Waals surface area contributed by atoms with Crippen molar-refractivity contribution in [3.63, 3.8) is 0 Å². The average Bonchev–Trinajstić information content (AvgIpc) is 2.68. The van der Waals surface area contributed by atoms with Crippen LogP contribution in [0.15, 0.2) is 60.7 Å². The number of benzene rings is 3. The summed E-state index contributed by atoms with van der Waals surface area (Å²) >= 11 is 0. The van der Waals surface area contributed by atoms with Gasteiger partial charge in [-0.3, -0.25) is 4.79 Å². The van der Waals surface area contributed by atoms with Gasteiger partial charge < -0.3 is 4.74 Å². The van der Waals surface area contributed by atoms with Gasteiger partial charge in [-0.25, -0.2) is 0 Å². The minimum Gasteiger partial charge on any atom is -0.488 e. The van der Waals surface area contributed by atoms with E-state index in [2.05, 4.69) is 64.1 Å². The standard InChI is InChI=1S/C27H31O2P/c1-18-12-13-24(22(14-18)20(3)28)30-25-16-19(2)15-23(27(4,5)6)26(25)29-17-21-10-8-7-9-11-21/h7-16,30H,17H2,1-6H3. The van der Waals surface area contributed by atoms with Crippen molar-refractivity contribution in [1.82, 2.24) is 0 Å². The van der Waals surface area contributed by atoms with Gasteiger partial charge in [-0.1, -0.05) is 83.4 Å². The summed E-state index contributed by atoms with van der Waals surface area (Å²) in [6.45, 7) is 13.0. The maximum absolute atomic E-state index is 12.3. The van der Waals surface area contributed by atoms with Gasteiger partial charge in [0.05, 0.1) is 0 Å². The highest BCUT2D eigenvalue weighted by atomic mass is 31.1. The van der Waals surface area contributed by atoms with E-state index in [4.69, 9.17) is 4.74 Å². The van der Waals surface area contributed by atoms with Gasteiger partial charge >= 0.3 is 0 Å². The van der Waals surface area contributed by atoms with Crippen LogP contribution in [0.25, 0.3) is 0 Å². The second-order valence-corrected chi connectivity index (χ2v) is 10.3. The first-order chi connectivity index (χ1) is 14.1. The molecule has 0 radical (unpaired) electrons. The molecule has 3 aromatic carbocycles. The topological polar surface area (TPSA) is 26.3 Å². The summed E-state index contributed by atoms with van der Waals surface area (Å²) < 4.78 is 6.45. The SMILES string of the molecule is CC(=O)c1cc(C)ccc1Pc1cc(C)cc(C(C)(C)C)c1OCc1ccccc1. The van der Waals surface area contributed by atoms with Crippen molar-refractivity contribution >= 4 is 25.0 Å². The number of carbonyl (C=O) groups is 1. The molecule has 156 valence electrons. The van der Waals surface area contributed by atoms with Gasteiger partial charge in [-0.15, -0.1) is 0 Å². The predicted octanol–water partition coefficient (Wildman–Crippen LogP) is 6.01. The molecule has 0 aliphatic rings. The van der Waals surface area contributed by atoms with Crippen LogP contribution >= 0.6 is 8.58 Å². The minimum absolute atomic E-state index is 0.0477. The van der Waals surface area contributed by atoms with E-state index in [1.54, 1.807) is 6.92 Å². The number of ketones is 1. The van der Waals surface area contributed by atoms with Gasteiger partial charge in [-0.2, -0.15) is 0 Å². The van der Waals surface area contributed by atoms with Crippen LogP contribution in [-0.2, 0) is 12.0 Å². The maximum Gasteiger partial charge on any atom is 0.160 e. The van der Waals surface area contributed by atoms with Crippen LogP contribution in [-0.4, -0.2) is 5.78 Å². The van der Waals surface area contributed by atoms with Crippen molar-refractivity contribution in [3.8, 4) is 5.75 Å². The number of hydrogen-bond acceptors (Lipinski definition) is 2. The van der Waals surface area contributed by atoms with Crippen LogP contribution in [0.5, 0.6) is 5.75 Å². The Hall–Kier alpha value is -2.44. The lowest BCUT2D eigenvalue weighted by atomic mass is 9.85. The van der Waals surface area contributed by atoms with E-state index in [1.807, 2.05) is 31.2 Å². The highest BCUT2D eigenvalue weighted by Gasteiger charge is 2.23. The molecule has 3 heteroatoms. The van der Waals surface area contributed by atoms with E-state index in [0.717, 1.165) is 33.0 Å². The van der Waals surface area contributed by atoms with Crippen molar-refractivity contribution in [2.24, 2.45) is 0 Å². The van der Waals surface area contributed by atoms with Gasteiger partial charge in [0.25, 0.3) is 0 Å². The third-order valence-corrected chi connectivity index (χ3v) is 6.44. The van der Waals surface area contributed by atoms with Gasteiger partial charge in [-0.05, 0) is 54.8 Å². The number of carbonyl (C=O) groups excluding carboxylic acids is 1. The van der Waals surface area contributed by atoms with Crippen LogP contribution in [0.1, 0.15) is 60.3 Å². The van der Waals surface area contributed by atoms with Crippen LogP contribution in [0.2, 0.25) is 0 Å². The molecule has 3 aromatic rings. The molecule has 0 aliphatic heterocycles. The molecule has 0 saturated carbocycles. The molecule has 0 spiro atoms. The number of hydrogen-bond donors (Lipinski definition) is 0. The molecule has 0 heterocycles.